The first-order valence-electron chi connectivity index (χ1n) is 9.75. The van der Waals surface area contributed by atoms with E-state index in [1.807, 2.05) is 12.1 Å². The van der Waals surface area contributed by atoms with Gasteiger partial charge in [0.15, 0.2) is 11.5 Å². The molecule has 8 heteroatoms. The zero-order chi connectivity index (χ0) is 20.4. The van der Waals surface area contributed by atoms with Crippen LogP contribution in [-0.4, -0.2) is 27.5 Å². The third kappa shape index (κ3) is 4.71. The molecule has 7 nitrogen and oxygen atoms in total. The van der Waals surface area contributed by atoms with E-state index in [2.05, 4.69) is 10.0 Å². The van der Waals surface area contributed by atoms with E-state index in [9.17, 15) is 13.2 Å². The minimum Gasteiger partial charge on any atom is -0.490 e. The van der Waals surface area contributed by atoms with Crippen LogP contribution in [0.15, 0.2) is 47.4 Å². The molecule has 1 heterocycles. The summed E-state index contributed by atoms with van der Waals surface area (Å²) in [6, 6.07) is 11.4. The van der Waals surface area contributed by atoms with Gasteiger partial charge in [-0.2, -0.15) is 0 Å². The van der Waals surface area contributed by atoms with Crippen LogP contribution in [0.5, 0.6) is 11.5 Å². The van der Waals surface area contributed by atoms with Crippen LogP contribution in [0.25, 0.3) is 0 Å². The standard InChI is InChI=1S/C21H24N2O5S/c1-14(15-5-7-17(8-6-15)22-21(24)16-3-4-16)23-29(25,26)18-9-10-19-20(13-18)28-12-2-11-27-19/h5-10,13-14,16,23H,2-4,11-12H2,1H3,(H,22,24). The number of fused-ring (bicyclic) bond motifs is 1. The van der Waals surface area contributed by atoms with E-state index in [4.69, 9.17) is 9.47 Å². The first-order valence-corrected chi connectivity index (χ1v) is 11.2. The number of hydrogen-bond donors (Lipinski definition) is 2. The summed E-state index contributed by atoms with van der Waals surface area (Å²) >= 11 is 0. The Balaban J connectivity index is 1.44. The van der Waals surface area contributed by atoms with Gasteiger partial charge in [0.1, 0.15) is 0 Å². The minimum absolute atomic E-state index is 0.0425. The van der Waals surface area contributed by atoms with Gasteiger partial charge in [-0.1, -0.05) is 12.1 Å². The van der Waals surface area contributed by atoms with Gasteiger partial charge in [-0.3, -0.25) is 4.79 Å². The topological polar surface area (TPSA) is 93.7 Å². The molecule has 1 unspecified atom stereocenters. The van der Waals surface area contributed by atoms with E-state index >= 15 is 0 Å². The van der Waals surface area contributed by atoms with Gasteiger partial charge < -0.3 is 14.8 Å². The van der Waals surface area contributed by atoms with Crippen molar-refractivity contribution in [3.63, 3.8) is 0 Å². The Morgan fingerprint density at radius 3 is 2.41 bits per heavy atom. The molecule has 0 saturated heterocycles. The van der Waals surface area contributed by atoms with Crippen molar-refractivity contribution < 1.29 is 22.7 Å². The van der Waals surface area contributed by atoms with Crippen molar-refractivity contribution in [1.29, 1.82) is 0 Å². The maximum absolute atomic E-state index is 12.8. The monoisotopic (exact) mass is 416 g/mol. The summed E-state index contributed by atoms with van der Waals surface area (Å²) in [7, 11) is -3.74. The molecule has 1 amide bonds. The predicted octanol–water partition coefficient (Wildman–Crippen LogP) is 3.24. The molecular formula is C21H24N2O5S. The highest BCUT2D eigenvalue weighted by Gasteiger charge is 2.29. The number of amides is 1. The molecule has 2 aromatic carbocycles. The van der Waals surface area contributed by atoms with Crippen LogP contribution in [0.1, 0.15) is 37.8 Å². The van der Waals surface area contributed by atoms with Crippen LogP contribution in [-0.2, 0) is 14.8 Å². The van der Waals surface area contributed by atoms with Crippen molar-refractivity contribution in [3.05, 3.63) is 48.0 Å². The summed E-state index contributed by atoms with van der Waals surface area (Å²) in [5, 5.41) is 2.87. The highest BCUT2D eigenvalue weighted by molar-refractivity contribution is 7.89. The van der Waals surface area contributed by atoms with Gasteiger partial charge in [0.25, 0.3) is 0 Å². The maximum atomic E-state index is 12.8. The van der Waals surface area contributed by atoms with E-state index in [0.717, 1.165) is 24.8 Å². The minimum atomic E-state index is -3.74. The first-order chi connectivity index (χ1) is 13.9. The summed E-state index contributed by atoms with van der Waals surface area (Å²) in [6.45, 7) is 2.81. The summed E-state index contributed by atoms with van der Waals surface area (Å²) in [5.41, 5.74) is 1.51. The number of carbonyl (C=O) groups is 1. The second-order valence-corrected chi connectivity index (χ2v) is 9.10. The lowest BCUT2D eigenvalue weighted by Crippen LogP contribution is -2.27. The lowest BCUT2D eigenvalue weighted by molar-refractivity contribution is -0.117. The van der Waals surface area contributed by atoms with Crippen LogP contribution < -0.4 is 19.5 Å². The quantitative estimate of drug-likeness (QED) is 0.754. The lowest BCUT2D eigenvalue weighted by Gasteiger charge is -2.16. The van der Waals surface area contributed by atoms with E-state index < -0.39 is 16.1 Å². The van der Waals surface area contributed by atoms with Crippen LogP contribution in [0.2, 0.25) is 0 Å². The highest BCUT2D eigenvalue weighted by Crippen LogP contribution is 2.32. The molecule has 1 atom stereocenters. The van der Waals surface area contributed by atoms with Gasteiger partial charge in [0.2, 0.25) is 15.9 Å². The van der Waals surface area contributed by atoms with Crippen molar-refractivity contribution in [2.24, 2.45) is 5.92 Å². The van der Waals surface area contributed by atoms with Gasteiger partial charge in [-0.15, -0.1) is 0 Å². The molecule has 2 N–H and O–H groups in total. The number of sulfonamides is 1. The molecule has 29 heavy (non-hydrogen) atoms. The summed E-state index contributed by atoms with van der Waals surface area (Å²) in [4.78, 5) is 12.0. The SMILES string of the molecule is CC(NS(=O)(=O)c1ccc2c(c1)OCCCO2)c1ccc(NC(=O)C2CC2)cc1. The Hall–Kier alpha value is -2.58. The normalized spacial score (nSPS) is 17.3. The molecule has 2 aliphatic rings. The van der Waals surface area contributed by atoms with Crippen molar-refractivity contribution >= 4 is 21.6 Å². The van der Waals surface area contributed by atoms with E-state index in [0.29, 0.717) is 30.4 Å². The number of benzene rings is 2. The van der Waals surface area contributed by atoms with Crippen molar-refractivity contribution in [1.82, 2.24) is 4.72 Å². The van der Waals surface area contributed by atoms with Gasteiger partial charge in [0, 0.05) is 30.1 Å². The summed E-state index contributed by atoms with van der Waals surface area (Å²) < 4.78 is 39.5. The molecule has 4 rings (SSSR count). The lowest BCUT2D eigenvalue weighted by atomic mass is 10.1. The van der Waals surface area contributed by atoms with Crippen LogP contribution in [0.4, 0.5) is 5.69 Å². The molecule has 1 aliphatic carbocycles. The first kappa shape index (κ1) is 19.7. The predicted molar refractivity (Wildman–Crippen MR) is 109 cm³/mol. The average Bonchev–Trinajstić information content (AvgIpc) is 3.54. The Bertz CT molecular complexity index is 1000. The van der Waals surface area contributed by atoms with Gasteiger partial charge in [-0.25, -0.2) is 13.1 Å². The molecule has 0 spiro atoms. The molecule has 1 saturated carbocycles. The number of rotatable bonds is 6. The second-order valence-electron chi connectivity index (χ2n) is 7.39. The van der Waals surface area contributed by atoms with Crippen molar-refractivity contribution in [3.8, 4) is 11.5 Å². The number of ether oxygens (including phenoxy) is 2. The number of hydrogen-bond acceptors (Lipinski definition) is 5. The van der Waals surface area contributed by atoms with Crippen LogP contribution >= 0.6 is 0 Å². The number of nitrogens with one attached hydrogen (secondary N) is 2. The molecule has 2 aromatic rings. The number of anilines is 1. The molecule has 1 aliphatic heterocycles. The zero-order valence-corrected chi connectivity index (χ0v) is 17.0. The van der Waals surface area contributed by atoms with Gasteiger partial charge in [-0.05, 0) is 49.6 Å². The fourth-order valence-electron chi connectivity index (χ4n) is 3.12. The Labute approximate surface area is 170 Å². The van der Waals surface area contributed by atoms with Crippen molar-refractivity contribution in [2.75, 3.05) is 18.5 Å². The Morgan fingerprint density at radius 2 is 1.72 bits per heavy atom. The number of carbonyl (C=O) groups excluding carboxylic acids is 1. The molecule has 0 aromatic heterocycles. The average molecular weight is 416 g/mol. The molecule has 154 valence electrons. The summed E-state index contributed by atoms with van der Waals surface area (Å²) in [6.07, 6.45) is 2.65. The fraction of sp³-hybridized carbons (Fsp3) is 0.381. The smallest absolute Gasteiger partial charge is 0.241 e. The largest absolute Gasteiger partial charge is 0.490 e. The molecule has 0 radical (unpaired) electrons. The maximum Gasteiger partial charge on any atom is 0.241 e. The third-order valence-corrected chi connectivity index (χ3v) is 6.53. The van der Waals surface area contributed by atoms with Gasteiger partial charge >= 0.3 is 0 Å². The molecule has 0 bridgehead atoms. The van der Waals surface area contributed by atoms with Gasteiger partial charge in [0.05, 0.1) is 18.1 Å². The fourth-order valence-corrected chi connectivity index (χ4v) is 4.37. The van der Waals surface area contributed by atoms with E-state index in [-0.39, 0.29) is 16.7 Å². The van der Waals surface area contributed by atoms with E-state index in [1.54, 1.807) is 25.1 Å². The second kappa shape index (κ2) is 8.04. The summed E-state index contributed by atoms with van der Waals surface area (Å²) in [5.74, 6) is 1.17. The van der Waals surface area contributed by atoms with E-state index in [1.165, 1.54) is 12.1 Å². The van der Waals surface area contributed by atoms with Crippen LogP contribution in [0.3, 0.4) is 0 Å². The van der Waals surface area contributed by atoms with Crippen LogP contribution in [0, 0.1) is 5.92 Å². The molecular weight excluding hydrogens is 392 g/mol. The zero-order valence-electron chi connectivity index (χ0n) is 16.2. The molecule has 1 fully saturated rings. The third-order valence-electron chi connectivity index (χ3n) is 4.99. The van der Waals surface area contributed by atoms with Crippen molar-refractivity contribution in [2.45, 2.75) is 37.1 Å². The highest BCUT2D eigenvalue weighted by atomic mass is 32.2. The Kier molecular flexibility index (Phi) is 5.47. The Morgan fingerprint density at radius 1 is 1.03 bits per heavy atom.